The van der Waals surface area contributed by atoms with Gasteiger partial charge in [0, 0.05) is 0 Å². The van der Waals surface area contributed by atoms with E-state index in [1.165, 1.54) is 0 Å². The summed E-state index contributed by atoms with van der Waals surface area (Å²) in [6, 6.07) is 9.81. The minimum absolute atomic E-state index is 0.245. The third-order valence-corrected chi connectivity index (χ3v) is 1.29. The molecule has 0 saturated heterocycles. The van der Waals surface area contributed by atoms with E-state index >= 15 is 0 Å². The zero-order chi connectivity index (χ0) is 7.94. The molecular formula is C9H9NO. The summed E-state index contributed by atoms with van der Waals surface area (Å²) in [6.45, 7) is 0.245. The molecule has 0 amide bonds. The lowest BCUT2D eigenvalue weighted by atomic mass is 10.2. The van der Waals surface area contributed by atoms with Gasteiger partial charge in [0.1, 0.15) is 0 Å². The highest BCUT2D eigenvalue weighted by atomic mass is 16.3. The van der Waals surface area contributed by atoms with Crippen LogP contribution in [-0.2, 0) is 0 Å². The number of hydrogen-bond acceptors (Lipinski definition) is 2. The Kier molecular flexibility index (Phi) is 3.06. The van der Waals surface area contributed by atoms with Crippen LogP contribution >= 0.6 is 0 Å². The second-order valence-corrected chi connectivity index (χ2v) is 2.12. The first-order chi connectivity index (χ1) is 5.43. The summed E-state index contributed by atoms with van der Waals surface area (Å²) in [7, 11) is 0. The number of benzene rings is 1. The Hall–Kier alpha value is -1.44. The Bertz CT molecular complexity index is 241. The van der Waals surface area contributed by atoms with E-state index in [9.17, 15) is 4.91 Å². The maximum Gasteiger partial charge on any atom is 0.0995 e. The van der Waals surface area contributed by atoms with Crippen LogP contribution in [0, 0.1) is 4.91 Å². The van der Waals surface area contributed by atoms with Gasteiger partial charge in [-0.1, -0.05) is 47.7 Å². The summed E-state index contributed by atoms with van der Waals surface area (Å²) < 4.78 is 0. The van der Waals surface area contributed by atoms with Gasteiger partial charge in [0.15, 0.2) is 0 Å². The standard InChI is InChI=1S/C9H9NO/c11-10-8-4-7-9-5-2-1-3-6-9/h1-7H,8H2. The Balaban J connectivity index is 2.57. The Morgan fingerprint density at radius 1 is 1.27 bits per heavy atom. The SMILES string of the molecule is O=NCC=Cc1ccccc1. The molecule has 2 heteroatoms. The van der Waals surface area contributed by atoms with Crippen molar-refractivity contribution in [1.82, 2.24) is 0 Å². The van der Waals surface area contributed by atoms with Gasteiger partial charge in [-0.15, -0.1) is 0 Å². The lowest BCUT2D eigenvalue weighted by Crippen LogP contribution is -1.70. The minimum atomic E-state index is 0.245. The molecule has 0 saturated carbocycles. The van der Waals surface area contributed by atoms with Gasteiger partial charge in [-0.3, -0.25) is 0 Å². The summed E-state index contributed by atoms with van der Waals surface area (Å²) in [6.07, 6.45) is 3.61. The van der Waals surface area contributed by atoms with E-state index in [1.807, 2.05) is 36.4 Å². The predicted octanol–water partition coefficient (Wildman–Crippen LogP) is 2.47. The van der Waals surface area contributed by atoms with Crippen LogP contribution in [0.15, 0.2) is 41.6 Å². The van der Waals surface area contributed by atoms with Gasteiger partial charge in [-0.25, -0.2) is 0 Å². The molecule has 0 aromatic heterocycles. The van der Waals surface area contributed by atoms with Crippen LogP contribution in [0.25, 0.3) is 6.08 Å². The molecule has 0 spiro atoms. The fourth-order valence-electron chi connectivity index (χ4n) is 0.796. The van der Waals surface area contributed by atoms with E-state index in [0.29, 0.717) is 0 Å². The molecule has 0 atom stereocenters. The van der Waals surface area contributed by atoms with Crippen LogP contribution in [0.4, 0.5) is 0 Å². The molecule has 0 radical (unpaired) electrons. The smallest absolute Gasteiger partial charge is 0.0995 e. The number of nitrogens with zero attached hydrogens (tertiary/aromatic N) is 1. The van der Waals surface area contributed by atoms with E-state index in [0.717, 1.165) is 5.56 Å². The molecule has 1 aromatic carbocycles. The van der Waals surface area contributed by atoms with Crippen LogP contribution in [0.1, 0.15) is 5.56 Å². The topological polar surface area (TPSA) is 29.4 Å². The first-order valence-corrected chi connectivity index (χ1v) is 3.44. The van der Waals surface area contributed by atoms with Crippen molar-refractivity contribution in [2.75, 3.05) is 6.54 Å². The Morgan fingerprint density at radius 2 is 2.00 bits per heavy atom. The molecule has 56 valence electrons. The number of nitroso groups, excluding NO2 is 1. The summed E-state index contributed by atoms with van der Waals surface area (Å²) in [5, 5.41) is 2.71. The van der Waals surface area contributed by atoms with Crippen molar-refractivity contribution in [3.8, 4) is 0 Å². The first-order valence-electron chi connectivity index (χ1n) is 3.44. The van der Waals surface area contributed by atoms with Crippen molar-refractivity contribution in [1.29, 1.82) is 0 Å². The van der Waals surface area contributed by atoms with Crippen LogP contribution in [-0.4, -0.2) is 6.54 Å². The molecule has 0 heterocycles. The van der Waals surface area contributed by atoms with Crippen LogP contribution in [0.5, 0.6) is 0 Å². The largest absolute Gasteiger partial charge is 0.150 e. The molecule has 0 aliphatic carbocycles. The average Bonchev–Trinajstić information content (AvgIpc) is 2.07. The normalized spacial score (nSPS) is 10.2. The maximum absolute atomic E-state index is 9.69. The molecule has 1 aromatic rings. The van der Waals surface area contributed by atoms with E-state index in [1.54, 1.807) is 6.08 Å². The maximum atomic E-state index is 9.69. The van der Waals surface area contributed by atoms with Gasteiger partial charge >= 0.3 is 0 Å². The lowest BCUT2D eigenvalue weighted by Gasteiger charge is -1.88. The van der Waals surface area contributed by atoms with E-state index in [-0.39, 0.29) is 6.54 Å². The van der Waals surface area contributed by atoms with Gasteiger partial charge in [0.05, 0.1) is 6.54 Å². The van der Waals surface area contributed by atoms with E-state index in [4.69, 9.17) is 0 Å². The molecule has 0 unspecified atom stereocenters. The Morgan fingerprint density at radius 3 is 2.64 bits per heavy atom. The molecule has 0 fully saturated rings. The van der Waals surface area contributed by atoms with Crippen molar-refractivity contribution in [3.05, 3.63) is 46.9 Å². The average molecular weight is 147 g/mol. The van der Waals surface area contributed by atoms with Crippen LogP contribution < -0.4 is 0 Å². The second kappa shape index (κ2) is 4.39. The van der Waals surface area contributed by atoms with Crippen LogP contribution in [0.2, 0.25) is 0 Å². The predicted molar refractivity (Wildman–Crippen MR) is 46.1 cm³/mol. The second-order valence-electron chi connectivity index (χ2n) is 2.12. The lowest BCUT2D eigenvalue weighted by molar-refractivity contribution is 1.23. The molecule has 0 N–H and O–H groups in total. The molecule has 11 heavy (non-hydrogen) atoms. The van der Waals surface area contributed by atoms with E-state index in [2.05, 4.69) is 5.18 Å². The van der Waals surface area contributed by atoms with Crippen molar-refractivity contribution < 1.29 is 0 Å². The van der Waals surface area contributed by atoms with Gasteiger partial charge in [0.25, 0.3) is 0 Å². The molecule has 0 aliphatic heterocycles. The summed E-state index contributed by atoms with van der Waals surface area (Å²) in [5.74, 6) is 0. The highest BCUT2D eigenvalue weighted by Crippen LogP contribution is 1.99. The fourth-order valence-corrected chi connectivity index (χ4v) is 0.796. The minimum Gasteiger partial charge on any atom is -0.150 e. The summed E-state index contributed by atoms with van der Waals surface area (Å²) in [4.78, 5) is 9.69. The number of hydrogen-bond donors (Lipinski definition) is 0. The highest BCUT2D eigenvalue weighted by Gasteiger charge is 1.80. The van der Waals surface area contributed by atoms with Crippen molar-refractivity contribution in [2.24, 2.45) is 5.18 Å². The Labute approximate surface area is 65.5 Å². The fraction of sp³-hybridized carbons (Fsp3) is 0.111. The van der Waals surface area contributed by atoms with Crippen molar-refractivity contribution >= 4 is 6.08 Å². The van der Waals surface area contributed by atoms with Gasteiger partial charge in [-0.05, 0) is 5.56 Å². The van der Waals surface area contributed by atoms with Crippen molar-refractivity contribution in [3.63, 3.8) is 0 Å². The van der Waals surface area contributed by atoms with Crippen LogP contribution in [0.3, 0.4) is 0 Å². The molecular weight excluding hydrogens is 138 g/mol. The zero-order valence-electron chi connectivity index (χ0n) is 6.10. The monoisotopic (exact) mass is 147 g/mol. The third kappa shape index (κ3) is 2.76. The van der Waals surface area contributed by atoms with Gasteiger partial charge in [0.2, 0.25) is 0 Å². The summed E-state index contributed by atoms with van der Waals surface area (Å²) >= 11 is 0. The zero-order valence-corrected chi connectivity index (χ0v) is 6.10. The summed E-state index contributed by atoms with van der Waals surface area (Å²) in [5.41, 5.74) is 1.09. The van der Waals surface area contributed by atoms with Gasteiger partial charge in [-0.2, -0.15) is 4.91 Å². The first kappa shape index (κ1) is 7.66. The van der Waals surface area contributed by atoms with E-state index < -0.39 is 0 Å². The molecule has 0 aliphatic rings. The molecule has 1 rings (SSSR count). The van der Waals surface area contributed by atoms with Crippen molar-refractivity contribution in [2.45, 2.75) is 0 Å². The molecule has 2 nitrogen and oxygen atoms in total. The van der Waals surface area contributed by atoms with Gasteiger partial charge < -0.3 is 0 Å². The highest BCUT2D eigenvalue weighted by molar-refractivity contribution is 5.48. The number of rotatable bonds is 3. The molecule has 0 bridgehead atoms. The quantitative estimate of drug-likeness (QED) is 0.604. The third-order valence-electron chi connectivity index (χ3n) is 1.29.